The maximum Gasteiger partial charge on any atom is 0.248 e. The van der Waals surface area contributed by atoms with E-state index in [1.807, 2.05) is 0 Å². The number of aliphatic imine (C=N–C) groups is 1. The summed E-state index contributed by atoms with van der Waals surface area (Å²) in [4.78, 5) is 18.2. The van der Waals surface area contributed by atoms with Crippen molar-refractivity contribution in [1.82, 2.24) is 14.8 Å². The molecule has 1 aliphatic heterocycles. The lowest BCUT2D eigenvalue weighted by molar-refractivity contribution is -0.113. The molecule has 0 N–H and O–H groups in total. The van der Waals surface area contributed by atoms with Crippen molar-refractivity contribution in [3.05, 3.63) is 6.33 Å². The van der Waals surface area contributed by atoms with Crippen molar-refractivity contribution in [2.45, 2.75) is 6.54 Å². The molecule has 50 valence electrons. The molecule has 0 saturated carbocycles. The van der Waals surface area contributed by atoms with E-state index in [1.54, 1.807) is 0 Å². The Morgan fingerprint density at radius 2 is 2.50 bits per heavy atom. The summed E-state index contributed by atoms with van der Waals surface area (Å²) in [5, 5.41) is 3.78. The van der Waals surface area contributed by atoms with E-state index in [-0.39, 0.29) is 12.3 Å². The predicted octanol–water partition coefficient (Wildman–Crippen LogP) is -0.437. The zero-order valence-electron chi connectivity index (χ0n) is 5.06. The smallest absolute Gasteiger partial charge is 0.248 e. The van der Waals surface area contributed by atoms with E-state index in [0.29, 0.717) is 5.95 Å². The van der Waals surface area contributed by atoms with E-state index in [9.17, 15) is 4.79 Å². The third kappa shape index (κ3) is 0.637. The summed E-state index contributed by atoms with van der Waals surface area (Å²) in [6.07, 6.45) is 2.65. The molecule has 0 radical (unpaired) electrons. The minimum Gasteiger partial charge on any atom is -0.291 e. The Bertz CT molecular complexity index is 300. The highest BCUT2D eigenvalue weighted by molar-refractivity contribution is 6.28. The van der Waals surface area contributed by atoms with Crippen molar-refractivity contribution in [2.75, 3.05) is 0 Å². The molecule has 0 fully saturated rings. The van der Waals surface area contributed by atoms with Gasteiger partial charge in [-0.1, -0.05) is 0 Å². The number of hydrogen-bond donors (Lipinski definition) is 0. The van der Waals surface area contributed by atoms with E-state index in [0.717, 1.165) is 0 Å². The molecule has 1 aliphatic rings. The molecule has 0 spiro atoms. The molecule has 2 heterocycles. The molecule has 1 aromatic rings. The average Bonchev–Trinajstić information content (AvgIpc) is 2.33. The van der Waals surface area contributed by atoms with E-state index in [1.165, 1.54) is 17.2 Å². The predicted molar refractivity (Wildman–Crippen MR) is 33.2 cm³/mol. The summed E-state index contributed by atoms with van der Waals surface area (Å²) in [6.45, 7) is 0.263. The maximum absolute atomic E-state index is 10.7. The number of carbonyl (C=O) groups is 1. The molecule has 5 nitrogen and oxygen atoms in total. The van der Waals surface area contributed by atoms with Gasteiger partial charge in [0.15, 0.2) is 5.78 Å². The van der Waals surface area contributed by atoms with Gasteiger partial charge in [-0.15, -0.1) is 0 Å². The Morgan fingerprint density at radius 1 is 1.60 bits per heavy atom. The van der Waals surface area contributed by atoms with Gasteiger partial charge < -0.3 is 0 Å². The average molecular weight is 136 g/mol. The quantitative estimate of drug-likeness (QED) is 0.486. The van der Waals surface area contributed by atoms with Crippen molar-refractivity contribution in [2.24, 2.45) is 4.99 Å². The maximum atomic E-state index is 10.7. The Morgan fingerprint density at radius 3 is 3.40 bits per heavy atom. The van der Waals surface area contributed by atoms with Crippen LogP contribution in [0.3, 0.4) is 0 Å². The monoisotopic (exact) mass is 136 g/mol. The summed E-state index contributed by atoms with van der Waals surface area (Å²) in [5.74, 6) is 0.456. The number of aromatic nitrogens is 3. The van der Waals surface area contributed by atoms with Crippen LogP contribution in [-0.4, -0.2) is 26.8 Å². The van der Waals surface area contributed by atoms with Crippen LogP contribution in [0.15, 0.2) is 11.3 Å². The number of fused-ring (bicyclic) bond motifs is 1. The van der Waals surface area contributed by atoms with Gasteiger partial charge >= 0.3 is 0 Å². The van der Waals surface area contributed by atoms with Gasteiger partial charge in [0.05, 0.1) is 6.21 Å². The van der Waals surface area contributed by atoms with Crippen LogP contribution in [0.1, 0.15) is 0 Å². The van der Waals surface area contributed by atoms with E-state index >= 15 is 0 Å². The Balaban J connectivity index is 2.52. The van der Waals surface area contributed by atoms with Crippen molar-refractivity contribution in [1.29, 1.82) is 0 Å². The van der Waals surface area contributed by atoms with Gasteiger partial charge in [-0.25, -0.2) is 9.67 Å². The summed E-state index contributed by atoms with van der Waals surface area (Å²) < 4.78 is 1.46. The van der Waals surface area contributed by atoms with Crippen molar-refractivity contribution >= 4 is 17.9 Å². The van der Waals surface area contributed by atoms with E-state index < -0.39 is 0 Å². The molecule has 5 heteroatoms. The summed E-state index contributed by atoms with van der Waals surface area (Å²) in [6, 6.07) is 0. The molecule has 0 bridgehead atoms. The molecule has 0 atom stereocenters. The number of Topliss-reactive ketones (excluding diaryl/α,β-unsaturated/α-hetero) is 1. The lowest BCUT2D eigenvalue weighted by Crippen LogP contribution is -2.15. The Hall–Kier alpha value is -1.52. The summed E-state index contributed by atoms with van der Waals surface area (Å²) in [5.41, 5.74) is 0. The van der Waals surface area contributed by atoms with Crippen LogP contribution in [0.2, 0.25) is 0 Å². The van der Waals surface area contributed by atoms with E-state index in [2.05, 4.69) is 15.1 Å². The number of rotatable bonds is 0. The summed E-state index contributed by atoms with van der Waals surface area (Å²) >= 11 is 0. The third-order valence-corrected chi connectivity index (χ3v) is 1.22. The van der Waals surface area contributed by atoms with Gasteiger partial charge in [-0.05, 0) is 0 Å². The first-order chi connectivity index (χ1) is 4.86. The van der Waals surface area contributed by atoms with Gasteiger partial charge in [-0.2, -0.15) is 10.1 Å². The van der Waals surface area contributed by atoms with Crippen molar-refractivity contribution in [3.63, 3.8) is 0 Å². The fraction of sp³-hybridized carbons (Fsp3) is 0.200. The van der Waals surface area contributed by atoms with Crippen LogP contribution in [-0.2, 0) is 11.3 Å². The van der Waals surface area contributed by atoms with Crippen LogP contribution in [0.5, 0.6) is 0 Å². The molecular formula is C5H4N4O. The fourth-order valence-electron chi connectivity index (χ4n) is 0.788. The zero-order chi connectivity index (χ0) is 6.97. The van der Waals surface area contributed by atoms with Gasteiger partial charge in [0.2, 0.25) is 5.95 Å². The lowest BCUT2D eigenvalue weighted by Gasteiger charge is -2.02. The molecule has 10 heavy (non-hydrogen) atoms. The van der Waals surface area contributed by atoms with Gasteiger partial charge in [0.1, 0.15) is 12.9 Å². The number of hydrogen-bond acceptors (Lipinski definition) is 4. The second-order valence-corrected chi connectivity index (χ2v) is 1.94. The SMILES string of the molecule is O=C1C=Nc2ncnn2C1. The first-order valence-corrected chi connectivity index (χ1v) is 2.81. The number of ketones is 1. The number of carbonyl (C=O) groups excluding carboxylic acids is 1. The van der Waals surface area contributed by atoms with Crippen molar-refractivity contribution < 1.29 is 4.79 Å². The van der Waals surface area contributed by atoms with Crippen molar-refractivity contribution in [3.8, 4) is 0 Å². The summed E-state index contributed by atoms with van der Waals surface area (Å²) in [7, 11) is 0. The molecular weight excluding hydrogens is 132 g/mol. The highest BCUT2D eigenvalue weighted by Crippen LogP contribution is 2.07. The Kier molecular flexibility index (Phi) is 0.913. The van der Waals surface area contributed by atoms with Crippen LogP contribution < -0.4 is 0 Å². The normalized spacial score (nSPS) is 15.4. The molecule has 0 saturated heterocycles. The van der Waals surface area contributed by atoms with E-state index in [4.69, 9.17) is 0 Å². The molecule has 0 unspecified atom stereocenters. The third-order valence-electron chi connectivity index (χ3n) is 1.22. The van der Waals surface area contributed by atoms with Crippen LogP contribution in [0.25, 0.3) is 0 Å². The molecule has 1 aromatic heterocycles. The van der Waals surface area contributed by atoms with Crippen LogP contribution in [0.4, 0.5) is 5.95 Å². The second-order valence-electron chi connectivity index (χ2n) is 1.94. The highest BCUT2D eigenvalue weighted by atomic mass is 16.1. The zero-order valence-corrected chi connectivity index (χ0v) is 5.06. The van der Waals surface area contributed by atoms with Gasteiger partial charge in [0.25, 0.3) is 0 Å². The fourth-order valence-corrected chi connectivity index (χ4v) is 0.788. The second kappa shape index (κ2) is 1.73. The van der Waals surface area contributed by atoms with Gasteiger partial charge in [0, 0.05) is 0 Å². The minimum atomic E-state index is -0.0435. The Labute approximate surface area is 56.4 Å². The van der Waals surface area contributed by atoms with Gasteiger partial charge in [-0.3, -0.25) is 4.79 Å². The number of nitrogens with zero attached hydrogens (tertiary/aromatic N) is 4. The molecule has 2 rings (SSSR count). The molecule has 0 aromatic carbocycles. The first-order valence-electron chi connectivity index (χ1n) is 2.81. The molecule has 0 amide bonds. The largest absolute Gasteiger partial charge is 0.291 e. The topological polar surface area (TPSA) is 60.1 Å². The molecule has 0 aliphatic carbocycles. The first kappa shape index (κ1) is 5.28. The lowest BCUT2D eigenvalue weighted by atomic mass is 10.4. The minimum absolute atomic E-state index is 0.0435. The highest BCUT2D eigenvalue weighted by Gasteiger charge is 2.10. The van der Waals surface area contributed by atoms with Crippen LogP contribution >= 0.6 is 0 Å². The standard InChI is InChI=1S/C5H4N4O/c10-4-1-6-5-7-3-8-9(5)2-4/h1,3H,2H2. The van der Waals surface area contributed by atoms with Crippen LogP contribution in [0, 0.1) is 0 Å².